The van der Waals surface area contributed by atoms with Crippen molar-refractivity contribution in [3.8, 4) is 22.5 Å². The highest BCUT2D eigenvalue weighted by Crippen LogP contribution is 2.31. The lowest BCUT2D eigenvalue weighted by Crippen LogP contribution is -2.20. The maximum atomic E-state index is 12.1. The Balaban J connectivity index is 1.86. The quantitative estimate of drug-likeness (QED) is 0.498. The van der Waals surface area contributed by atoms with Crippen molar-refractivity contribution in [2.75, 3.05) is 0 Å². The van der Waals surface area contributed by atoms with Crippen LogP contribution in [0.1, 0.15) is 26.7 Å². The van der Waals surface area contributed by atoms with Crippen molar-refractivity contribution in [3.05, 3.63) is 67.0 Å². The number of hydrogen-bond donors (Lipinski definition) is 1. The molecule has 1 heterocycles. The Morgan fingerprint density at radius 2 is 1.67 bits per heavy atom. The summed E-state index contributed by atoms with van der Waals surface area (Å²) < 4.78 is 2.04. The number of aromatic nitrogens is 2. The van der Waals surface area contributed by atoms with Crippen LogP contribution in [0.25, 0.3) is 22.5 Å². The van der Waals surface area contributed by atoms with E-state index >= 15 is 0 Å². The molecule has 0 atom stereocenters. The van der Waals surface area contributed by atoms with Gasteiger partial charge in [-0.3, -0.25) is 4.79 Å². The lowest BCUT2D eigenvalue weighted by Gasteiger charge is -2.10. The maximum Gasteiger partial charge on any atom is 0.241 e. The van der Waals surface area contributed by atoms with E-state index in [1.165, 1.54) is 0 Å². The Labute approximate surface area is 159 Å². The standard InChI is InChI=1S/C22H24N4O/c1-3-17(2)24-25-20(27)14-15-26-16-23-21(18-10-6-4-7-11-18)22(26)19-12-8-5-9-13-19/h4-13,16H,3,14-15H2,1-2H3,(H,25,27)/b24-17+. The molecule has 5 nitrogen and oxygen atoms in total. The summed E-state index contributed by atoms with van der Waals surface area (Å²) >= 11 is 0. The largest absolute Gasteiger partial charge is 0.330 e. The number of imidazole rings is 1. The Morgan fingerprint density at radius 1 is 1.04 bits per heavy atom. The third-order valence-corrected chi connectivity index (χ3v) is 4.40. The Morgan fingerprint density at radius 3 is 2.30 bits per heavy atom. The molecule has 138 valence electrons. The van der Waals surface area contributed by atoms with Crippen LogP contribution in [0.15, 0.2) is 72.1 Å². The van der Waals surface area contributed by atoms with Gasteiger partial charge in [-0.1, -0.05) is 67.6 Å². The summed E-state index contributed by atoms with van der Waals surface area (Å²) in [5.41, 5.74) is 7.59. The van der Waals surface area contributed by atoms with Gasteiger partial charge in [-0.25, -0.2) is 10.4 Å². The van der Waals surface area contributed by atoms with Crippen LogP contribution in [-0.2, 0) is 11.3 Å². The van der Waals surface area contributed by atoms with Crippen LogP contribution < -0.4 is 5.43 Å². The molecule has 2 aromatic carbocycles. The smallest absolute Gasteiger partial charge is 0.241 e. The molecule has 0 radical (unpaired) electrons. The summed E-state index contributed by atoms with van der Waals surface area (Å²) in [6.07, 6.45) is 2.96. The van der Waals surface area contributed by atoms with Crippen LogP contribution in [0.3, 0.4) is 0 Å². The lowest BCUT2D eigenvalue weighted by atomic mass is 10.0. The van der Waals surface area contributed by atoms with E-state index in [0.717, 1.165) is 34.6 Å². The van der Waals surface area contributed by atoms with Gasteiger partial charge < -0.3 is 4.57 Å². The van der Waals surface area contributed by atoms with Gasteiger partial charge in [-0.15, -0.1) is 0 Å². The molecule has 0 aliphatic carbocycles. The van der Waals surface area contributed by atoms with Gasteiger partial charge >= 0.3 is 0 Å². The number of aryl methyl sites for hydroxylation is 1. The van der Waals surface area contributed by atoms with Crippen molar-refractivity contribution in [2.45, 2.75) is 33.2 Å². The molecule has 0 unspecified atom stereocenters. The first kappa shape index (κ1) is 18.6. The van der Waals surface area contributed by atoms with E-state index in [9.17, 15) is 4.79 Å². The topological polar surface area (TPSA) is 59.3 Å². The van der Waals surface area contributed by atoms with Crippen LogP contribution in [-0.4, -0.2) is 21.2 Å². The second-order valence-corrected chi connectivity index (χ2v) is 6.35. The lowest BCUT2D eigenvalue weighted by molar-refractivity contribution is -0.121. The van der Waals surface area contributed by atoms with Crippen LogP contribution in [0, 0.1) is 0 Å². The Hall–Kier alpha value is -3.21. The summed E-state index contributed by atoms with van der Waals surface area (Å²) in [6, 6.07) is 20.2. The minimum Gasteiger partial charge on any atom is -0.330 e. The summed E-state index contributed by atoms with van der Waals surface area (Å²) in [7, 11) is 0. The molecule has 5 heteroatoms. The van der Waals surface area contributed by atoms with E-state index in [4.69, 9.17) is 0 Å². The predicted molar refractivity (Wildman–Crippen MR) is 109 cm³/mol. The van der Waals surface area contributed by atoms with Crippen LogP contribution >= 0.6 is 0 Å². The number of hydrazone groups is 1. The van der Waals surface area contributed by atoms with E-state index in [-0.39, 0.29) is 5.91 Å². The molecule has 1 amide bonds. The Bertz CT molecular complexity index is 914. The fraction of sp³-hybridized carbons (Fsp3) is 0.227. The van der Waals surface area contributed by atoms with Crippen LogP contribution in [0.5, 0.6) is 0 Å². The highest BCUT2D eigenvalue weighted by molar-refractivity contribution is 5.84. The van der Waals surface area contributed by atoms with Gasteiger partial charge in [-0.05, 0) is 13.3 Å². The zero-order valence-corrected chi connectivity index (χ0v) is 15.7. The number of hydrogen-bond acceptors (Lipinski definition) is 3. The van der Waals surface area contributed by atoms with Gasteiger partial charge in [0, 0.05) is 29.8 Å². The SMILES string of the molecule is CC/C(C)=N/NC(=O)CCn1cnc(-c2ccccc2)c1-c1ccccc1. The summed E-state index contributed by atoms with van der Waals surface area (Å²) in [5.74, 6) is -0.100. The van der Waals surface area contributed by atoms with Gasteiger partial charge in [0.15, 0.2) is 0 Å². The number of rotatable bonds is 7. The zero-order chi connectivity index (χ0) is 19.1. The number of nitrogens with one attached hydrogen (secondary N) is 1. The summed E-state index contributed by atoms with van der Waals surface area (Å²) in [6.45, 7) is 4.44. The summed E-state index contributed by atoms with van der Waals surface area (Å²) in [5, 5.41) is 4.08. The van der Waals surface area contributed by atoms with E-state index < -0.39 is 0 Å². The molecule has 27 heavy (non-hydrogen) atoms. The van der Waals surface area contributed by atoms with Crippen molar-refractivity contribution < 1.29 is 4.79 Å². The summed E-state index contributed by atoms with van der Waals surface area (Å²) in [4.78, 5) is 16.7. The minimum absolute atomic E-state index is 0.100. The fourth-order valence-electron chi connectivity index (χ4n) is 2.77. The van der Waals surface area contributed by atoms with E-state index in [0.29, 0.717) is 13.0 Å². The number of carbonyl (C=O) groups is 1. The monoisotopic (exact) mass is 360 g/mol. The number of nitrogens with zero attached hydrogens (tertiary/aromatic N) is 3. The first-order chi connectivity index (χ1) is 13.2. The number of amides is 1. The van der Waals surface area contributed by atoms with Gasteiger partial charge in [-0.2, -0.15) is 5.10 Å². The molecule has 3 rings (SSSR count). The van der Waals surface area contributed by atoms with Gasteiger partial charge in [0.05, 0.1) is 17.7 Å². The molecule has 0 fully saturated rings. The van der Waals surface area contributed by atoms with Crippen molar-refractivity contribution >= 4 is 11.6 Å². The molecule has 3 aromatic rings. The number of benzene rings is 2. The van der Waals surface area contributed by atoms with E-state index in [1.807, 2.05) is 66.9 Å². The van der Waals surface area contributed by atoms with Crippen LogP contribution in [0.4, 0.5) is 0 Å². The van der Waals surface area contributed by atoms with Gasteiger partial charge in [0.1, 0.15) is 0 Å². The first-order valence-electron chi connectivity index (χ1n) is 9.17. The molecular weight excluding hydrogens is 336 g/mol. The fourth-order valence-corrected chi connectivity index (χ4v) is 2.77. The average molecular weight is 360 g/mol. The zero-order valence-electron chi connectivity index (χ0n) is 15.7. The first-order valence-corrected chi connectivity index (χ1v) is 9.17. The van der Waals surface area contributed by atoms with Crippen molar-refractivity contribution in [2.24, 2.45) is 5.10 Å². The molecule has 0 saturated heterocycles. The number of carbonyl (C=O) groups excluding carboxylic acids is 1. The molecule has 0 spiro atoms. The van der Waals surface area contributed by atoms with Crippen molar-refractivity contribution in [3.63, 3.8) is 0 Å². The molecule has 1 N–H and O–H groups in total. The van der Waals surface area contributed by atoms with Gasteiger partial charge in [0.25, 0.3) is 0 Å². The van der Waals surface area contributed by atoms with Crippen molar-refractivity contribution in [1.29, 1.82) is 0 Å². The average Bonchev–Trinajstić information content (AvgIpc) is 3.15. The Kier molecular flexibility index (Phi) is 6.15. The highest BCUT2D eigenvalue weighted by atomic mass is 16.2. The molecule has 0 aliphatic rings. The normalized spacial score (nSPS) is 11.4. The maximum absolute atomic E-state index is 12.1. The second kappa shape index (κ2) is 8.94. The predicted octanol–water partition coefficient (Wildman–Crippen LogP) is 4.51. The third kappa shape index (κ3) is 4.70. The second-order valence-electron chi connectivity index (χ2n) is 6.35. The minimum atomic E-state index is -0.100. The van der Waals surface area contributed by atoms with Gasteiger partial charge in [0.2, 0.25) is 5.91 Å². The van der Waals surface area contributed by atoms with Crippen LogP contribution in [0.2, 0.25) is 0 Å². The highest BCUT2D eigenvalue weighted by Gasteiger charge is 2.15. The molecule has 0 saturated carbocycles. The third-order valence-electron chi connectivity index (χ3n) is 4.40. The molecule has 0 aliphatic heterocycles. The van der Waals surface area contributed by atoms with E-state index in [1.54, 1.807) is 6.33 Å². The molecular formula is C22H24N4O. The van der Waals surface area contributed by atoms with Crippen molar-refractivity contribution in [1.82, 2.24) is 15.0 Å². The van der Waals surface area contributed by atoms with E-state index in [2.05, 4.69) is 27.6 Å². The molecule has 1 aromatic heterocycles. The molecule has 0 bridgehead atoms.